The number of anilines is 2. The number of nitrogen functional groups attached to an aromatic ring is 1. The first-order valence-electron chi connectivity index (χ1n) is 10.8. The summed E-state index contributed by atoms with van der Waals surface area (Å²) < 4.78 is 24.8. The van der Waals surface area contributed by atoms with E-state index in [9.17, 15) is 18.0 Å². The average molecular weight is 495 g/mol. The van der Waals surface area contributed by atoms with E-state index in [1.165, 1.54) is 0 Å². The van der Waals surface area contributed by atoms with E-state index in [2.05, 4.69) is 15.2 Å². The van der Waals surface area contributed by atoms with E-state index < -0.39 is 22.0 Å². The maximum absolute atomic E-state index is 12.9. The standard InChI is InChI=1S/C21H27ClN6O4S/c1-33(31,32)28-7-3-2-4-16(20(28)29)25-21(30)27-10-8-26(9-11-27)18-13-19(23)24-17-12-14(22)5-6-15(17)18/h5-6,12-13,16H,2-4,7-11H2,1H3,(H2,23,24)(H,25,30)/t16-/m0/s1. The molecule has 3 N–H and O–H groups in total. The first-order valence-corrected chi connectivity index (χ1v) is 13.0. The number of amides is 3. The molecule has 33 heavy (non-hydrogen) atoms. The van der Waals surface area contributed by atoms with Crippen LogP contribution in [0.3, 0.4) is 0 Å². The maximum Gasteiger partial charge on any atom is 0.318 e. The van der Waals surface area contributed by atoms with Crippen molar-refractivity contribution in [2.75, 3.05) is 49.6 Å². The van der Waals surface area contributed by atoms with Gasteiger partial charge in [0.1, 0.15) is 11.9 Å². The quantitative estimate of drug-likeness (QED) is 0.663. The van der Waals surface area contributed by atoms with Crippen LogP contribution in [-0.4, -0.2) is 79.6 Å². The molecule has 0 aliphatic carbocycles. The van der Waals surface area contributed by atoms with E-state index in [4.69, 9.17) is 17.3 Å². The number of nitrogens with one attached hydrogen (secondary N) is 1. The summed E-state index contributed by atoms with van der Waals surface area (Å²) in [5, 5.41) is 4.25. The van der Waals surface area contributed by atoms with Crippen LogP contribution >= 0.6 is 11.6 Å². The van der Waals surface area contributed by atoms with Crippen molar-refractivity contribution in [2.24, 2.45) is 0 Å². The highest BCUT2D eigenvalue weighted by Gasteiger charge is 2.34. The molecular weight excluding hydrogens is 468 g/mol. The van der Waals surface area contributed by atoms with Gasteiger partial charge in [0.15, 0.2) is 0 Å². The SMILES string of the molecule is CS(=O)(=O)N1CCCC[C@H](NC(=O)N2CCN(c3cc(N)nc4cc(Cl)ccc34)CC2)C1=O. The van der Waals surface area contributed by atoms with Gasteiger partial charge in [-0.1, -0.05) is 11.6 Å². The summed E-state index contributed by atoms with van der Waals surface area (Å²) in [4.78, 5) is 33.7. The number of benzene rings is 1. The summed E-state index contributed by atoms with van der Waals surface area (Å²) >= 11 is 6.09. The van der Waals surface area contributed by atoms with Gasteiger partial charge < -0.3 is 20.9 Å². The molecule has 1 aromatic carbocycles. The largest absolute Gasteiger partial charge is 0.384 e. The molecule has 2 aliphatic rings. The number of halogens is 1. The molecule has 1 atom stereocenters. The van der Waals surface area contributed by atoms with Crippen LogP contribution in [0.25, 0.3) is 10.9 Å². The first-order chi connectivity index (χ1) is 15.6. The van der Waals surface area contributed by atoms with Crippen molar-refractivity contribution in [2.45, 2.75) is 25.3 Å². The van der Waals surface area contributed by atoms with Crippen LogP contribution in [0, 0.1) is 0 Å². The number of piperazine rings is 1. The highest BCUT2D eigenvalue weighted by atomic mass is 35.5. The average Bonchev–Trinajstić information content (AvgIpc) is 2.94. The number of carbonyl (C=O) groups excluding carboxylic acids is 2. The Kier molecular flexibility index (Phi) is 6.53. The smallest absolute Gasteiger partial charge is 0.318 e. The van der Waals surface area contributed by atoms with E-state index in [1.807, 2.05) is 12.1 Å². The van der Waals surface area contributed by atoms with Crippen LogP contribution in [-0.2, 0) is 14.8 Å². The van der Waals surface area contributed by atoms with Crippen LogP contribution in [0.1, 0.15) is 19.3 Å². The van der Waals surface area contributed by atoms with Crippen molar-refractivity contribution in [3.8, 4) is 0 Å². The molecule has 178 valence electrons. The zero-order valence-corrected chi connectivity index (χ0v) is 19.9. The minimum Gasteiger partial charge on any atom is -0.384 e. The molecule has 0 bridgehead atoms. The first kappa shape index (κ1) is 23.4. The number of nitrogens with two attached hydrogens (primary N) is 1. The number of hydrogen-bond donors (Lipinski definition) is 2. The number of rotatable bonds is 3. The third-order valence-corrected chi connectivity index (χ3v) is 7.42. The van der Waals surface area contributed by atoms with Gasteiger partial charge in [-0.05, 0) is 37.5 Å². The van der Waals surface area contributed by atoms with Crippen molar-refractivity contribution < 1.29 is 18.0 Å². The lowest BCUT2D eigenvalue weighted by Crippen LogP contribution is -2.56. The lowest BCUT2D eigenvalue weighted by molar-refractivity contribution is -0.128. The van der Waals surface area contributed by atoms with Gasteiger partial charge in [-0.2, -0.15) is 0 Å². The van der Waals surface area contributed by atoms with E-state index >= 15 is 0 Å². The Labute approximate surface area is 197 Å². The second-order valence-electron chi connectivity index (χ2n) is 8.37. The van der Waals surface area contributed by atoms with Gasteiger partial charge in [-0.25, -0.2) is 22.5 Å². The van der Waals surface area contributed by atoms with Crippen LogP contribution < -0.4 is 16.0 Å². The topological polar surface area (TPSA) is 129 Å². The lowest BCUT2D eigenvalue weighted by atomic mass is 10.1. The van der Waals surface area contributed by atoms with Gasteiger partial charge in [0, 0.05) is 54.9 Å². The Morgan fingerprint density at radius 2 is 1.88 bits per heavy atom. The molecule has 0 spiro atoms. The highest BCUT2D eigenvalue weighted by molar-refractivity contribution is 7.88. The number of nitrogens with zero attached hydrogens (tertiary/aromatic N) is 4. The normalized spacial score (nSPS) is 20.1. The number of fused-ring (bicyclic) bond motifs is 1. The third-order valence-electron chi connectivity index (χ3n) is 6.02. The van der Waals surface area contributed by atoms with Gasteiger partial charge in [0.2, 0.25) is 10.0 Å². The minimum atomic E-state index is -3.67. The molecule has 2 aliphatic heterocycles. The fourth-order valence-electron chi connectivity index (χ4n) is 4.33. The summed E-state index contributed by atoms with van der Waals surface area (Å²) in [6, 6.07) is 6.08. The predicted molar refractivity (Wildman–Crippen MR) is 128 cm³/mol. The van der Waals surface area contributed by atoms with Crippen molar-refractivity contribution in [3.63, 3.8) is 0 Å². The molecule has 10 nitrogen and oxygen atoms in total. The summed E-state index contributed by atoms with van der Waals surface area (Å²) in [5.74, 6) is -0.179. The van der Waals surface area contributed by atoms with E-state index in [0.29, 0.717) is 61.8 Å². The molecular formula is C21H27ClN6O4S. The summed E-state index contributed by atoms with van der Waals surface area (Å²) in [7, 11) is -3.67. The lowest BCUT2D eigenvalue weighted by Gasteiger charge is -2.37. The van der Waals surface area contributed by atoms with Gasteiger partial charge in [-0.3, -0.25) is 4.79 Å². The number of aromatic nitrogens is 1. The molecule has 0 saturated carbocycles. The van der Waals surface area contributed by atoms with Gasteiger partial charge in [0.25, 0.3) is 5.91 Å². The van der Waals surface area contributed by atoms with E-state index in [0.717, 1.165) is 21.6 Å². The van der Waals surface area contributed by atoms with E-state index in [-0.39, 0.29) is 12.6 Å². The third kappa shape index (κ3) is 5.09. The van der Waals surface area contributed by atoms with Crippen molar-refractivity contribution >= 4 is 56.0 Å². The molecule has 4 rings (SSSR count). The molecule has 12 heteroatoms. The Morgan fingerprint density at radius 3 is 2.58 bits per heavy atom. The van der Waals surface area contributed by atoms with Crippen molar-refractivity contribution in [1.82, 2.24) is 19.5 Å². The number of carbonyl (C=O) groups is 2. The molecule has 0 unspecified atom stereocenters. The van der Waals surface area contributed by atoms with Crippen LogP contribution in [0.2, 0.25) is 5.02 Å². The molecule has 3 amide bonds. The fourth-order valence-corrected chi connectivity index (χ4v) is 5.41. The van der Waals surface area contributed by atoms with Crippen LogP contribution in [0.15, 0.2) is 24.3 Å². The number of urea groups is 1. The monoisotopic (exact) mass is 494 g/mol. The number of pyridine rings is 1. The zero-order valence-electron chi connectivity index (χ0n) is 18.3. The second-order valence-corrected chi connectivity index (χ2v) is 10.7. The number of hydrogen-bond acceptors (Lipinski definition) is 7. The molecule has 1 aromatic heterocycles. The highest BCUT2D eigenvalue weighted by Crippen LogP contribution is 2.30. The van der Waals surface area contributed by atoms with Gasteiger partial charge in [-0.15, -0.1) is 0 Å². The van der Waals surface area contributed by atoms with Crippen LogP contribution in [0.5, 0.6) is 0 Å². The molecule has 3 heterocycles. The predicted octanol–water partition coefficient (Wildman–Crippen LogP) is 1.64. The zero-order chi connectivity index (χ0) is 23.8. The molecule has 2 saturated heterocycles. The Morgan fingerprint density at radius 1 is 1.15 bits per heavy atom. The Balaban J connectivity index is 1.43. The maximum atomic E-state index is 12.9. The molecule has 2 fully saturated rings. The van der Waals surface area contributed by atoms with Gasteiger partial charge in [0.05, 0.1) is 11.8 Å². The van der Waals surface area contributed by atoms with Crippen molar-refractivity contribution in [1.29, 1.82) is 0 Å². The van der Waals surface area contributed by atoms with Crippen LogP contribution in [0.4, 0.5) is 16.3 Å². The van der Waals surface area contributed by atoms with E-state index in [1.54, 1.807) is 17.0 Å². The fraction of sp³-hybridized carbons (Fsp3) is 0.476. The molecule has 0 radical (unpaired) electrons. The summed E-state index contributed by atoms with van der Waals surface area (Å²) in [6.45, 7) is 2.18. The van der Waals surface area contributed by atoms with Crippen molar-refractivity contribution in [3.05, 3.63) is 29.3 Å². The summed E-state index contributed by atoms with van der Waals surface area (Å²) in [5.41, 5.74) is 7.63. The summed E-state index contributed by atoms with van der Waals surface area (Å²) in [6.07, 6.45) is 2.67. The Hall–Kier alpha value is -2.79. The number of sulfonamides is 1. The Bertz CT molecular complexity index is 1180. The second kappa shape index (κ2) is 9.22. The molecule has 2 aromatic rings. The van der Waals surface area contributed by atoms with Gasteiger partial charge >= 0.3 is 6.03 Å². The minimum absolute atomic E-state index is 0.150.